The van der Waals surface area contributed by atoms with Gasteiger partial charge in [-0.3, -0.25) is 4.79 Å². The summed E-state index contributed by atoms with van der Waals surface area (Å²) in [4.78, 5) is 16.6. The first-order valence-electron chi connectivity index (χ1n) is 7.31. The first-order chi connectivity index (χ1) is 10.1. The van der Waals surface area contributed by atoms with Crippen molar-refractivity contribution in [1.29, 1.82) is 0 Å². The number of carbonyl (C=O) groups is 1. The molecule has 114 valence electrons. The summed E-state index contributed by atoms with van der Waals surface area (Å²) in [7, 11) is 4.02. The van der Waals surface area contributed by atoms with Gasteiger partial charge in [-0.2, -0.15) is 0 Å². The predicted molar refractivity (Wildman–Crippen MR) is 87.1 cm³/mol. The Morgan fingerprint density at radius 3 is 2.62 bits per heavy atom. The van der Waals surface area contributed by atoms with Crippen molar-refractivity contribution in [2.24, 2.45) is 5.73 Å². The topological polar surface area (TPSA) is 49.6 Å². The summed E-state index contributed by atoms with van der Waals surface area (Å²) in [5.74, 6) is 5.84. The van der Waals surface area contributed by atoms with Gasteiger partial charge in [0.1, 0.15) is 0 Å². The molecule has 0 radical (unpaired) electrons. The lowest BCUT2D eigenvalue weighted by Crippen LogP contribution is -2.37. The lowest BCUT2D eigenvalue weighted by atomic mass is 10.1. The molecule has 0 unspecified atom stereocenters. The van der Waals surface area contributed by atoms with Crippen LogP contribution in [0, 0.1) is 11.8 Å². The Labute approximate surface area is 127 Å². The molecule has 0 bridgehead atoms. The Kier molecular flexibility index (Phi) is 7.52. The number of hydrogen-bond donors (Lipinski definition) is 1. The molecular formula is C17H25N3O. The second-order valence-electron chi connectivity index (χ2n) is 5.18. The van der Waals surface area contributed by atoms with Crippen molar-refractivity contribution in [3.05, 3.63) is 35.4 Å². The van der Waals surface area contributed by atoms with Crippen molar-refractivity contribution in [2.75, 3.05) is 40.3 Å². The Morgan fingerprint density at radius 2 is 2.00 bits per heavy atom. The molecule has 4 heteroatoms. The minimum Gasteiger partial charge on any atom is -0.337 e. The van der Waals surface area contributed by atoms with Crippen LogP contribution in [0.2, 0.25) is 0 Å². The monoisotopic (exact) mass is 287 g/mol. The van der Waals surface area contributed by atoms with Crippen LogP contribution >= 0.6 is 0 Å². The molecule has 1 rings (SSSR count). The third kappa shape index (κ3) is 5.99. The summed E-state index contributed by atoms with van der Waals surface area (Å²) in [5, 5.41) is 0. The number of hydrogen-bond acceptors (Lipinski definition) is 3. The zero-order valence-electron chi connectivity index (χ0n) is 13.2. The third-order valence-electron chi connectivity index (χ3n) is 3.04. The van der Waals surface area contributed by atoms with E-state index in [-0.39, 0.29) is 5.91 Å². The molecule has 0 fully saturated rings. The highest BCUT2D eigenvalue weighted by atomic mass is 16.2. The summed E-state index contributed by atoms with van der Waals surface area (Å²) >= 11 is 0. The number of rotatable bonds is 6. The molecule has 0 atom stereocenters. The molecule has 0 saturated heterocycles. The Morgan fingerprint density at radius 1 is 1.24 bits per heavy atom. The van der Waals surface area contributed by atoms with Gasteiger partial charge in [-0.15, -0.1) is 0 Å². The van der Waals surface area contributed by atoms with Crippen LogP contribution in [-0.4, -0.2) is 56.0 Å². The largest absolute Gasteiger partial charge is 0.337 e. The Bertz CT molecular complexity index is 514. The second-order valence-corrected chi connectivity index (χ2v) is 5.18. The van der Waals surface area contributed by atoms with E-state index in [0.29, 0.717) is 12.1 Å². The molecule has 0 saturated carbocycles. The van der Waals surface area contributed by atoms with Crippen molar-refractivity contribution in [1.82, 2.24) is 9.80 Å². The first-order valence-corrected chi connectivity index (χ1v) is 7.31. The summed E-state index contributed by atoms with van der Waals surface area (Å²) < 4.78 is 0. The van der Waals surface area contributed by atoms with E-state index in [2.05, 4.69) is 23.7 Å². The van der Waals surface area contributed by atoms with E-state index in [1.807, 2.05) is 43.3 Å². The van der Waals surface area contributed by atoms with Crippen LogP contribution in [-0.2, 0) is 0 Å². The second kappa shape index (κ2) is 9.17. The number of amides is 1. The SMILES string of the molecule is CCCN(CCN(C)C)C(=O)c1cccc(C#CCN)c1. The number of carbonyl (C=O) groups excluding carboxylic acids is 1. The third-order valence-corrected chi connectivity index (χ3v) is 3.04. The summed E-state index contributed by atoms with van der Waals surface area (Å²) in [6.07, 6.45) is 0.950. The van der Waals surface area contributed by atoms with Crippen LogP contribution in [0.3, 0.4) is 0 Å². The van der Waals surface area contributed by atoms with Crippen molar-refractivity contribution < 1.29 is 4.79 Å². The minimum atomic E-state index is 0.0649. The van der Waals surface area contributed by atoms with Crippen molar-refractivity contribution >= 4 is 5.91 Å². The van der Waals surface area contributed by atoms with E-state index in [9.17, 15) is 4.79 Å². The van der Waals surface area contributed by atoms with Gasteiger partial charge in [0.15, 0.2) is 0 Å². The molecular weight excluding hydrogens is 262 g/mol. The fraction of sp³-hybridized carbons (Fsp3) is 0.471. The van der Waals surface area contributed by atoms with Gasteiger partial charge in [-0.05, 0) is 38.7 Å². The highest BCUT2D eigenvalue weighted by Gasteiger charge is 2.15. The number of nitrogens with zero attached hydrogens (tertiary/aromatic N) is 2. The molecule has 0 aromatic heterocycles. The standard InChI is InChI=1S/C17H25N3O/c1-4-11-20(13-12-19(2)3)17(21)16-9-5-7-15(14-16)8-6-10-18/h5,7,9,14H,4,10-13,18H2,1-3H3. The number of likely N-dealkylation sites (N-methyl/N-ethyl adjacent to an activating group) is 1. The molecule has 1 aromatic rings. The van der Waals surface area contributed by atoms with Crippen molar-refractivity contribution in [3.8, 4) is 11.8 Å². The van der Waals surface area contributed by atoms with E-state index in [0.717, 1.165) is 31.6 Å². The molecule has 1 amide bonds. The Balaban J connectivity index is 2.87. The average molecular weight is 287 g/mol. The molecule has 0 heterocycles. The molecule has 0 aliphatic rings. The molecule has 21 heavy (non-hydrogen) atoms. The van der Waals surface area contributed by atoms with E-state index in [4.69, 9.17) is 5.73 Å². The maximum absolute atomic E-state index is 12.6. The molecule has 4 nitrogen and oxygen atoms in total. The van der Waals surface area contributed by atoms with E-state index >= 15 is 0 Å². The maximum Gasteiger partial charge on any atom is 0.253 e. The van der Waals surface area contributed by atoms with E-state index in [1.54, 1.807) is 0 Å². The Hall–Kier alpha value is -1.83. The molecule has 0 aliphatic carbocycles. The zero-order chi connectivity index (χ0) is 15.7. The van der Waals surface area contributed by atoms with Crippen LogP contribution in [0.15, 0.2) is 24.3 Å². The fourth-order valence-electron chi connectivity index (χ4n) is 1.97. The molecule has 2 N–H and O–H groups in total. The maximum atomic E-state index is 12.6. The predicted octanol–water partition coefficient (Wildman–Crippen LogP) is 1.41. The summed E-state index contributed by atoms with van der Waals surface area (Å²) in [6, 6.07) is 7.44. The van der Waals surface area contributed by atoms with Gasteiger partial charge in [0.2, 0.25) is 0 Å². The molecule has 1 aromatic carbocycles. The summed E-state index contributed by atoms with van der Waals surface area (Å²) in [5.41, 5.74) is 6.89. The highest BCUT2D eigenvalue weighted by Crippen LogP contribution is 2.09. The van der Waals surface area contributed by atoms with E-state index < -0.39 is 0 Å². The van der Waals surface area contributed by atoms with Crippen LogP contribution in [0.5, 0.6) is 0 Å². The van der Waals surface area contributed by atoms with Gasteiger partial charge in [0, 0.05) is 30.8 Å². The smallest absolute Gasteiger partial charge is 0.253 e. The van der Waals surface area contributed by atoms with Crippen LogP contribution in [0.25, 0.3) is 0 Å². The van der Waals surface area contributed by atoms with Gasteiger partial charge in [0.05, 0.1) is 6.54 Å². The fourth-order valence-corrected chi connectivity index (χ4v) is 1.97. The zero-order valence-corrected chi connectivity index (χ0v) is 13.2. The lowest BCUT2D eigenvalue weighted by molar-refractivity contribution is 0.0745. The molecule has 0 aliphatic heterocycles. The van der Waals surface area contributed by atoms with Crippen LogP contribution < -0.4 is 5.73 Å². The van der Waals surface area contributed by atoms with Gasteiger partial charge in [-0.1, -0.05) is 24.8 Å². The van der Waals surface area contributed by atoms with Gasteiger partial charge < -0.3 is 15.5 Å². The first kappa shape index (κ1) is 17.2. The van der Waals surface area contributed by atoms with Crippen LogP contribution in [0.1, 0.15) is 29.3 Å². The van der Waals surface area contributed by atoms with E-state index in [1.165, 1.54) is 0 Å². The van der Waals surface area contributed by atoms with Crippen molar-refractivity contribution in [2.45, 2.75) is 13.3 Å². The normalized spacial score (nSPS) is 10.1. The quantitative estimate of drug-likeness (QED) is 0.805. The summed E-state index contributed by atoms with van der Waals surface area (Å²) in [6.45, 7) is 4.77. The van der Waals surface area contributed by atoms with Crippen molar-refractivity contribution in [3.63, 3.8) is 0 Å². The van der Waals surface area contributed by atoms with Gasteiger partial charge in [0.25, 0.3) is 5.91 Å². The van der Waals surface area contributed by atoms with Crippen LogP contribution in [0.4, 0.5) is 0 Å². The highest BCUT2D eigenvalue weighted by molar-refractivity contribution is 5.94. The number of nitrogens with two attached hydrogens (primary N) is 1. The molecule has 0 spiro atoms. The van der Waals surface area contributed by atoms with Gasteiger partial charge in [-0.25, -0.2) is 0 Å². The van der Waals surface area contributed by atoms with Gasteiger partial charge >= 0.3 is 0 Å². The minimum absolute atomic E-state index is 0.0649. The average Bonchev–Trinajstić information content (AvgIpc) is 2.48. The number of benzene rings is 1. The lowest BCUT2D eigenvalue weighted by Gasteiger charge is -2.24.